The van der Waals surface area contributed by atoms with Crippen molar-refractivity contribution in [2.75, 3.05) is 0 Å². The van der Waals surface area contributed by atoms with Gasteiger partial charge in [-0.2, -0.15) is 31.4 Å². The molecule has 13 heteroatoms. The molecule has 4 aromatic rings. The van der Waals surface area contributed by atoms with Crippen LogP contribution < -0.4 is 4.74 Å². The lowest BCUT2D eigenvalue weighted by Gasteiger charge is -2.30. The van der Waals surface area contributed by atoms with E-state index >= 15 is 0 Å². The predicted octanol–water partition coefficient (Wildman–Crippen LogP) is 8.72. The molecule has 0 bridgehead atoms. The predicted molar refractivity (Wildman–Crippen MR) is 145 cm³/mol. The van der Waals surface area contributed by atoms with Gasteiger partial charge in [0.05, 0.1) is 17.8 Å². The number of hydrogen-bond acceptors (Lipinski definition) is 4. The topological polar surface area (TPSA) is 77.2 Å². The van der Waals surface area contributed by atoms with Gasteiger partial charge in [-0.25, -0.2) is 14.5 Å². The van der Waals surface area contributed by atoms with Crippen molar-refractivity contribution in [3.8, 4) is 22.8 Å². The summed E-state index contributed by atoms with van der Waals surface area (Å²) >= 11 is 6.21. The van der Waals surface area contributed by atoms with Crippen LogP contribution >= 0.6 is 11.6 Å². The lowest BCUT2D eigenvalue weighted by molar-refractivity contribution is -0.182. The Kier molecular flexibility index (Phi) is 8.42. The standard InChI is InChI=1S/C30H24ClF6N3O3/c31-21-12-13-25(43-16-17-4-6-18(7-5-17)19-8-10-20(11-9-19)29(32,33)34)22(14-21)24-2-1-3-26(39-24)40-27(30(35,36)37)23(15-38-40)28(41)42/h1-7,12-15,19-20H,8-11,16H2,(H,41,42). The number of ether oxygens (including phenoxy) is 1. The van der Waals surface area contributed by atoms with Gasteiger partial charge >= 0.3 is 18.3 Å². The molecule has 0 aliphatic heterocycles. The zero-order valence-corrected chi connectivity index (χ0v) is 23.0. The number of aromatic nitrogens is 3. The molecule has 0 amide bonds. The Bertz CT molecular complexity index is 1610. The van der Waals surface area contributed by atoms with Gasteiger partial charge < -0.3 is 9.84 Å². The van der Waals surface area contributed by atoms with Crippen LogP contribution in [-0.4, -0.2) is 32.0 Å². The van der Waals surface area contributed by atoms with E-state index in [0.717, 1.165) is 11.1 Å². The molecule has 2 aromatic carbocycles. The molecule has 0 spiro atoms. The SMILES string of the molecule is O=C(O)c1cnn(-c2cccc(-c3cc(Cl)ccc3OCc3ccc(C4CCC(C(F)(F)F)CC4)cc3)n2)c1C(F)(F)F. The lowest BCUT2D eigenvalue weighted by atomic mass is 9.78. The summed E-state index contributed by atoms with van der Waals surface area (Å²) < 4.78 is 86.7. The summed E-state index contributed by atoms with van der Waals surface area (Å²) in [4.78, 5) is 15.7. The second-order valence-electron chi connectivity index (χ2n) is 10.3. The molecular formula is C30H24ClF6N3O3. The van der Waals surface area contributed by atoms with Crippen molar-refractivity contribution in [3.63, 3.8) is 0 Å². The number of nitrogens with zero attached hydrogens (tertiary/aromatic N) is 3. The van der Waals surface area contributed by atoms with Crippen LogP contribution in [0.25, 0.3) is 17.1 Å². The highest BCUT2D eigenvalue weighted by molar-refractivity contribution is 6.31. The number of halogens is 7. The van der Waals surface area contributed by atoms with Gasteiger partial charge in [0.1, 0.15) is 17.9 Å². The molecule has 1 saturated carbocycles. The first-order valence-electron chi connectivity index (χ1n) is 13.3. The summed E-state index contributed by atoms with van der Waals surface area (Å²) in [5, 5.41) is 13.2. The zero-order chi connectivity index (χ0) is 30.9. The Balaban J connectivity index is 1.34. The maximum absolute atomic E-state index is 13.7. The van der Waals surface area contributed by atoms with E-state index in [1.807, 2.05) is 24.3 Å². The van der Waals surface area contributed by atoms with Crippen LogP contribution in [0.5, 0.6) is 5.75 Å². The lowest BCUT2D eigenvalue weighted by Crippen LogP contribution is -2.27. The highest BCUT2D eigenvalue weighted by Gasteiger charge is 2.42. The molecule has 1 aliphatic carbocycles. The summed E-state index contributed by atoms with van der Waals surface area (Å²) in [6, 6.07) is 16.4. The molecule has 0 radical (unpaired) electrons. The monoisotopic (exact) mass is 623 g/mol. The average molecular weight is 624 g/mol. The van der Waals surface area contributed by atoms with Crippen LogP contribution in [0.2, 0.25) is 5.02 Å². The van der Waals surface area contributed by atoms with Crippen molar-refractivity contribution in [3.05, 3.63) is 94.3 Å². The van der Waals surface area contributed by atoms with Crippen LogP contribution in [0, 0.1) is 5.92 Å². The fourth-order valence-corrected chi connectivity index (χ4v) is 5.44. The van der Waals surface area contributed by atoms with E-state index < -0.39 is 35.5 Å². The number of aromatic carboxylic acids is 1. The number of carbonyl (C=O) groups is 1. The van der Waals surface area contributed by atoms with Crippen LogP contribution in [-0.2, 0) is 12.8 Å². The third-order valence-corrected chi connectivity index (χ3v) is 7.71. The minimum atomic E-state index is -5.01. The van der Waals surface area contributed by atoms with E-state index in [4.69, 9.17) is 16.3 Å². The van der Waals surface area contributed by atoms with E-state index in [0.29, 0.717) is 40.1 Å². The maximum Gasteiger partial charge on any atom is 0.434 e. The third-order valence-electron chi connectivity index (χ3n) is 7.47. The second kappa shape index (κ2) is 11.9. The molecule has 1 fully saturated rings. The first kappa shape index (κ1) is 30.4. The molecule has 43 heavy (non-hydrogen) atoms. The van der Waals surface area contributed by atoms with Crippen molar-refractivity contribution in [1.29, 1.82) is 0 Å². The molecular weight excluding hydrogens is 600 g/mol. The molecule has 5 rings (SSSR count). The van der Waals surface area contributed by atoms with Crippen LogP contribution in [0.3, 0.4) is 0 Å². The number of carboxylic acid groups (broad SMARTS) is 1. The Hall–Kier alpha value is -4.06. The fraction of sp³-hybridized carbons (Fsp3) is 0.300. The number of carboxylic acids is 1. The normalized spacial score (nSPS) is 17.6. The van der Waals surface area contributed by atoms with E-state index in [-0.39, 0.29) is 36.9 Å². The number of benzene rings is 2. The largest absolute Gasteiger partial charge is 0.488 e. The summed E-state index contributed by atoms with van der Waals surface area (Å²) in [5.74, 6) is -2.88. The molecule has 226 valence electrons. The maximum atomic E-state index is 13.7. The van der Waals surface area contributed by atoms with Crippen LogP contribution in [0.1, 0.15) is 58.8 Å². The summed E-state index contributed by atoms with van der Waals surface area (Å²) in [7, 11) is 0. The van der Waals surface area contributed by atoms with Gasteiger partial charge in [-0.15, -0.1) is 0 Å². The van der Waals surface area contributed by atoms with Gasteiger partial charge in [-0.05, 0) is 73.1 Å². The molecule has 0 unspecified atom stereocenters. The molecule has 2 heterocycles. The van der Waals surface area contributed by atoms with E-state index in [2.05, 4.69) is 10.1 Å². The van der Waals surface area contributed by atoms with Gasteiger partial charge in [0.2, 0.25) is 0 Å². The van der Waals surface area contributed by atoms with E-state index in [1.165, 1.54) is 12.1 Å². The molecule has 0 saturated heterocycles. The zero-order valence-electron chi connectivity index (χ0n) is 22.3. The highest BCUT2D eigenvalue weighted by atomic mass is 35.5. The van der Waals surface area contributed by atoms with Crippen LogP contribution in [0.4, 0.5) is 26.3 Å². The Morgan fingerprint density at radius 2 is 1.67 bits per heavy atom. The minimum Gasteiger partial charge on any atom is -0.488 e. The van der Waals surface area contributed by atoms with Crippen molar-refractivity contribution in [1.82, 2.24) is 14.8 Å². The smallest absolute Gasteiger partial charge is 0.434 e. The average Bonchev–Trinajstić information content (AvgIpc) is 3.43. The van der Waals surface area contributed by atoms with Crippen molar-refractivity contribution >= 4 is 17.6 Å². The summed E-state index contributed by atoms with van der Waals surface area (Å²) in [6.45, 7) is 0.120. The molecule has 1 aliphatic rings. The van der Waals surface area contributed by atoms with Gasteiger partial charge in [-0.3, -0.25) is 0 Å². The highest BCUT2D eigenvalue weighted by Crippen LogP contribution is 2.43. The Morgan fingerprint density at radius 1 is 0.977 bits per heavy atom. The van der Waals surface area contributed by atoms with Crippen LogP contribution in [0.15, 0.2) is 66.9 Å². The molecule has 2 aromatic heterocycles. The number of rotatable bonds is 7. The van der Waals surface area contributed by atoms with Gasteiger partial charge in [-0.1, -0.05) is 41.9 Å². The van der Waals surface area contributed by atoms with E-state index in [1.54, 1.807) is 24.3 Å². The molecule has 1 N–H and O–H groups in total. The summed E-state index contributed by atoms with van der Waals surface area (Å²) in [6.07, 6.45) is -7.37. The van der Waals surface area contributed by atoms with Crippen molar-refractivity contribution in [2.45, 2.75) is 50.6 Å². The van der Waals surface area contributed by atoms with E-state index in [9.17, 15) is 36.2 Å². The second-order valence-corrected chi connectivity index (χ2v) is 10.7. The number of hydrogen-bond donors (Lipinski definition) is 1. The fourth-order valence-electron chi connectivity index (χ4n) is 5.27. The van der Waals surface area contributed by atoms with Crippen molar-refractivity contribution < 1.29 is 41.0 Å². The van der Waals surface area contributed by atoms with Gasteiger partial charge in [0.25, 0.3) is 0 Å². The van der Waals surface area contributed by atoms with Gasteiger partial charge in [0.15, 0.2) is 11.5 Å². The number of pyridine rings is 1. The molecule has 0 atom stereocenters. The van der Waals surface area contributed by atoms with Crippen molar-refractivity contribution in [2.24, 2.45) is 5.92 Å². The minimum absolute atomic E-state index is 0.0639. The van der Waals surface area contributed by atoms with Gasteiger partial charge in [0, 0.05) is 10.6 Å². The summed E-state index contributed by atoms with van der Waals surface area (Å²) in [5.41, 5.74) is -0.120. The quantitative estimate of drug-likeness (QED) is 0.208. The number of alkyl halides is 6. The molecule has 6 nitrogen and oxygen atoms in total. The Morgan fingerprint density at radius 3 is 2.30 bits per heavy atom. The first-order valence-corrected chi connectivity index (χ1v) is 13.6. The Labute approximate surface area is 246 Å². The first-order chi connectivity index (χ1) is 20.3. The third kappa shape index (κ3) is 6.79.